The van der Waals surface area contributed by atoms with Gasteiger partial charge in [-0.05, 0) is 19.2 Å². The fourth-order valence-electron chi connectivity index (χ4n) is 2.65. The molecule has 3 rings (SSSR count). The Kier molecular flexibility index (Phi) is 3.91. The van der Waals surface area contributed by atoms with Crippen molar-refractivity contribution in [2.45, 2.75) is 6.04 Å². The standard InChI is InChI=1S/C15H18N4O3/c1-18-6-7-19(8-10(18)9-20)15(22)13-14(21)17-12-5-3-2-4-11(12)16-13/h2-5,10,20H,6-9H2,1H3,(H,17,21)/t10-/m0/s1. The molecule has 1 aliphatic heterocycles. The highest BCUT2D eigenvalue weighted by molar-refractivity contribution is 5.93. The van der Waals surface area contributed by atoms with Crippen LogP contribution in [0.15, 0.2) is 29.1 Å². The van der Waals surface area contributed by atoms with Crippen LogP contribution < -0.4 is 5.56 Å². The van der Waals surface area contributed by atoms with Crippen molar-refractivity contribution in [2.75, 3.05) is 33.3 Å². The number of H-pyrrole nitrogens is 1. The first-order valence-electron chi connectivity index (χ1n) is 7.19. The Morgan fingerprint density at radius 1 is 1.41 bits per heavy atom. The monoisotopic (exact) mass is 302 g/mol. The van der Waals surface area contributed by atoms with Gasteiger partial charge in [0, 0.05) is 19.6 Å². The Labute approximate surface area is 127 Å². The maximum Gasteiger partial charge on any atom is 0.280 e. The number of fused-ring (bicyclic) bond motifs is 1. The van der Waals surface area contributed by atoms with E-state index < -0.39 is 11.5 Å². The SMILES string of the molecule is CN1CCN(C(=O)c2nc3ccccc3[nH]c2=O)C[C@H]1CO. The third-order valence-corrected chi connectivity index (χ3v) is 4.08. The lowest BCUT2D eigenvalue weighted by Gasteiger charge is -2.38. The van der Waals surface area contributed by atoms with Gasteiger partial charge in [-0.2, -0.15) is 0 Å². The van der Waals surface area contributed by atoms with Crippen molar-refractivity contribution < 1.29 is 9.90 Å². The van der Waals surface area contributed by atoms with E-state index in [1.54, 1.807) is 29.2 Å². The van der Waals surface area contributed by atoms with Crippen LogP contribution >= 0.6 is 0 Å². The molecule has 22 heavy (non-hydrogen) atoms. The van der Waals surface area contributed by atoms with Crippen molar-refractivity contribution in [3.63, 3.8) is 0 Å². The van der Waals surface area contributed by atoms with Crippen LogP contribution in [0.1, 0.15) is 10.5 Å². The molecule has 1 aromatic carbocycles. The molecule has 1 amide bonds. The van der Waals surface area contributed by atoms with E-state index in [-0.39, 0.29) is 18.3 Å². The summed E-state index contributed by atoms with van der Waals surface area (Å²) in [7, 11) is 1.91. The Balaban J connectivity index is 1.92. The minimum atomic E-state index is -0.483. The normalized spacial score (nSPS) is 19.5. The molecule has 0 spiro atoms. The summed E-state index contributed by atoms with van der Waals surface area (Å²) in [5.41, 5.74) is 0.608. The van der Waals surface area contributed by atoms with Crippen molar-refractivity contribution in [1.82, 2.24) is 19.8 Å². The van der Waals surface area contributed by atoms with Crippen molar-refractivity contribution in [3.05, 3.63) is 40.3 Å². The molecule has 7 heteroatoms. The van der Waals surface area contributed by atoms with E-state index in [0.717, 1.165) is 0 Å². The Bertz CT molecular complexity index is 758. The van der Waals surface area contributed by atoms with Crippen LogP contribution in [0.3, 0.4) is 0 Å². The molecule has 0 saturated carbocycles. The highest BCUT2D eigenvalue weighted by atomic mass is 16.3. The molecule has 1 saturated heterocycles. The Morgan fingerprint density at radius 3 is 2.95 bits per heavy atom. The number of carbonyl (C=O) groups excluding carboxylic acids is 1. The average Bonchev–Trinajstić information content (AvgIpc) is 2.54. The first-order chi connectivity index (χ1) is 10.6. The quantitative estimate of drug-likeness (QED) is 0.793. The zero-order chi connectivity index (χ0) is 15.7. The number of aromatic amines is 1. The van der Waals surface area contributed by atoms with Crippen molar-refractivity contribution in [3.8, 4) is 0 Å². The van der Waals surface area contributed by atoms with Crippen LogP contribution in [0, 0.1) is 0 Å². The van der Waals surface area contributed by atoms with E-state index >= 15 is 0 Å². The summed E-state index contributed by atoms with van der Waals surface area (Å²) in [4.78, 5) is 35.2. The number of amides is 1. The van der Waals surface area contributed by atoms with Crippen LogP contribution in [0.2, 0.25) is 0 Å². The second-order valence-electron chi connectivity index (χ2n) is 5.50. The summed E-state index contributed by atoms with van der Waals surface area (Å²) in [5, 5.41) is 9.36. The molecule has 2 heterocycles. The molecular formula is C15H18N4O3. The van der Waals surface area contributed by atoms with Gasteiger partial charge in [0.15, 0.2) is 5.69 Å². The van der Waals surface area contributed by atoms with E-state index in [9.17, 15) is 14.7 Å². The molecule has 0 bridgehead atoms. The number of benzene rings is 1. The second kappa shape index (κ2) is 5.86. The summed E-state index contributed by atoms with van der Waals surface area (Å²) in [6.45, 7) is 1.53. The van der Waals surface area contributed by atoms with Gasteiger partial charge in [-0.3, -0.25) is 14.5 Å². The first-order valence-corrected chi connectivity index (χ1v) is 7.19. The van der Waals surface area contributed by atoms with Gasteiger partial charge in [0.25, 0.3) is 11.5 Å². The lowest BCUT2D eigenvalue weighted by atomic mass is 10.2. The molecule has 1 aliphatic rings. The van der Waals surface area contributed by atoms with Gasteiger partial charge in [-0.25, -0.2) is 4.98 Å². The maximum absolute atomic E-state index is 12.6. The molecule has 116 valence electrons. The number of hydrogen-bond acceptors (Lipinski definition) is 5. The fraction of sp³-hybridized carbons (Fsp3) is 0.400. The summed E-state index contributed by atoms with van der Waals surface area (Å²) in [6.07, 6.45) is 0. The number of aromatic nitrogens is 2. The minimum absolute atomic E-state index is 0.0260. The predicted octanol–water partition coefficient (Wildman–Crippen LogP) is -0.328. The number of nitrogens with one attached hydrogen (secondary N) is 1. The molecule has 2 N–H and O–H groups in total. The van der Waals surface area contributed by atoms with E-state index in [4.69, 9.17) is 0 Å². The summed E-state index contributed by atoms with van der Waals surface area (Å²) >= 11 is 0. The average molecular weight is 302 g/mol. The molecule has 0 aliphatic carbocycles. The zero-order valence-corrected chi connectivity index (χ0v) is 12.3. The minimum Gasteiger partial charge on any atom is -0.395 e. The number of aliphatic hydroxyl groups excluding tert-OH is 1. The second-order valence-corrected chi connectivity index (χ2v) is 5.50. The Hall–Kier alpha value is -2.25. The molecule has 1 fully saturated rings. The van der Waals surface area contributed by atoms with Crippen LogP contribution in [0.5, 0.6) is 0 Å². The smallest absolute Gasteiger partial charge is 0.280 e. The largest absolute Gasteiger partial charge is 0.395 e. The topological polar surface area (TPSA) is 89.5 Å². The number of aliphatic hydroxyl groups is 1. The third kappa shape index (κ3) is 2.60. The first kappa shape index (κ1) is 14.7. The number of hydrogen-bond donors (Lipinski definition) is 2. The highest BCUT2D eigenvalue weighted by Gasteiger charge is 2.29. The molecule has 7 nitrogen and oxygen atoms in total. The summed E-state index contributed by atoms with van der Waals surface area (Å²) < 4.78 is 0. The van der Waals surface area contributed by atoms with Gasteiger partial charge < -0.3 is 15.0 Å². The number of piperazine rings is 1. The van der Waals surface area contributed by atoms with Crippen molar-refractivity contribution in [1.29, 1.82) is 0 Å². The van der Waals surface area contributed by atoms with Crippen LogP contribution in [-0.4, -0.2) is 70.1 Å². The lowest BCUT2D eigenvalue weighted by Crippen LogP contribution is -2.55. The van der Waals surface area contributed by atoms with E-state index in [1.165, 1.54) is 0 Å². The van der Waals surface area contributed by atoms with Gasteiger partial charge in [0.1, 0.15) is 0 Å². The molecule has 0 unspecified atom stereocenters. The van der Waals surface area contributed by atoms with Gasteiger partial charge in [0.05, 0.1) is 23.7 Å². The maximum atomic E-state index is 12.6. The summed E-state index contributed by atoms with van der Waals surface area (Å²) in [6, 6.07) is 6.99. The third-order valence-electron chi connectivity index (χ3n) is 4.08. The lowest BCUT2D eigenvalue weighted by molar-refractivity contribution is 0.0415. The molecule has 1 aromatic heterocycles. The van der Waals surface area contributed by atoms with E-state index in [0.29, 0.717) is 30.7 Å². The molecular weight excluding hydrogens is 284 g/mol. The number of likely N-dealkylation sites (N-methyl/N-ethyl adjacent to an activating group) is 1. The van der Waals surface area contributed by atoms with Crippen molar-refractivity contribution in [2.24, 2.45) is 0 Å². The van der Waals surface area contributed by atoms with Crippen molar-refractivity contribution >= 4 is 16.9 Å². The Morgan fingerprint density at radius 2 is 2.18 bits per heavy atom. The van der Waals surface area contributed by atoms with Gasteiger partial charge >= 0.3 is 0 Å². The highest BCUT2D eigenvalue weighted by Crippen LogP contribution is 2.11. The molecule has 1 atom stereocenters. The molecule has 0 radical (unpaired) electrons. The number of para-hydroxylation sites is 2. The number of nitrogens with zero attached hydrogens (tertiary/aromatic N) is 3. The molecule has 2 aromatic rings. The fourth-order valence-corrected chi connectivity index (χ4v) is 2.65. The zero-order valence-electron chi connectivity index (χ0n) is 12.3. The number of rotatable bonds is 2. The number of carbonyl (C=O) groups is 1. The summed E-state index contributed by atoms with van der Waals surface area (Å²) in [5.74, 6) is -0.390. The van der Waals surface area contributed by atoms with Crippen LogP contribution in [-0.2, 0) is 0 Å². The van der Waals surface area contributed by atoms with E-state index in [2.05, 4.69) is 9.97 Å². The van der Waals surface area contributed by atoms with Gasteiger partial charge in [0.2, 0.25) is 0 Å². The van der Waals surface area contributed by atoms with E-state index in [1.807, 2.05) is 11.9 Å². The van der Waals surface area contributed by atoms with Crippen LogP contribution in [0.4, 0.5) is 0 Å². The predicted molar refractivity (Wildman–Crippen MR) is 81.8 cm³/mol. The van der Waals surface area contributed by atoms with Gasteiger partial charge in [-0.15, -0.1) is 0 Å². The van der Waals surface area contributed by atoms with Gasteiger partial charge in [-0.1, -0.05) is 12.1 Å². The van der Waals surface area contributed by atoms with Crippen LogP contribution in [0.25, 0.3) is 11.0 Å².